The Morgan fingerprint density at radius 1 is 1.16 bits per heavy atom. The molecule has 0 N–H and O–H groups in total. The number of aryl methyl sites for hydroxylation is 3. The maximum atomic E-state index is 13.0. The number of aromatic nitrogens is 1. The van der Waals surface area contributed by atoms with Crippen molar-refractivity contribution in [1.82, 2.24) is 4.98 Å². The van der Waals surface area contributed by atoms with Gasteiger partial charge in [-0.2, -0.15) is 0 Å². The third kappa shape index (κ3) is 4.03. The molecule has 3 aromatic rings. The number of hydrogen-bond donors (Lipinski definition) is 0. The number of para-hydroxylation sites is 1. The Morgan fingerprint density at radius 3 is 2.58 bits per heavy atom. The predicted molar refractivity (Wildman–Crippen MR) is 124 cm³/mol. The Bertz CT molecular complexity index is 1190. The Hall–Kier alpha value is -3.25. The van der Waals surface area contributed by atoms with Crippen molar-refractivity contribution in [3.05, 3.63) is 75.3 Å². The summed E-state index contributed by atoms with van der Waals surface area (Å²) in [4.78, 5) is 31.8. The Labute approximate surface area is 186 Å². The summed E-state index contributed by atoms with van der Waals surface area (Å²) in [5.74, 6) is 0.693. The molecule has 1 heterocycles. The summed E-state index contributed by atoms with van der Waals surface area (Å²) in [6.45, 7) is 5.52. The van der Waals surface area contributed by atoms with Crippen LogP contribution < -0.4 is 9.64 Å². The van der Waals surface area contributed by atoms with Crippen molar-refractivity contribution >= 4 is 39.9 Å². The molecule has 2 aromatic carbocycles. The van der Waals surface area contributed by atoms with Gasteiger partial charge < -0.3 is 4.74 Å². The SMILES string of the molecule is COc1ccc2c(c1)CC/C(=C/c1csc(N(C(C)=O)c3c(C)cccc3C)n1)C2=O. The third-order valence-corrected chi connectivity index (χ3v) is 6.36. The lowest BCUT2D eigenvalue weighted by atomic mass is 9.86. The van der Waals surface area contributed by atoms with E-state index in [2.05, 4.69) is 4.98 Å². The fraction of sp³-hybridized carbons (Fsp3) is 0.240. The average Bonchev–Trinajstić information content (AvgIpc) is 3.20. The molecular weight excluding hydrogens is 408 g/mol. The van der Waals surface area contributed by atoms with Gasteiger partial charge in [-0.1, -0.05) is 18.2 Å². The molecule has 0 saturated carbocycles. The summed E-state index contributed by atoms with van der Waals surface area (Å²) in [5.41, 5.74) is 6.04. The zero-order chi connectivity index (χ0) is 22.1. The van der Waals surface area contributed by atoms with Gasteiger partial charge in [0.1, 0.15) is 5.75 Å². The Balaban J connectivity index is 1.66. The van der Waals surface area contributed by atoms with E-state index in [0.717, 1.165) is 45.7 Å². The van der Waals surface area contributed by atoms with Gasteiger partial charge in [0.05, 0.1) is 18.5 Å². The Morgan fingerprint density at radius 2 is 1.90 bits per heavy atom. The molecule has 0 unspecified atom stereocenters. The van der Waals surface area contributed by atoms with Gasteiger partial charge in [-0.25, -0.2) is 4.98 Å². The minimum absolute atomic E-state index is 0.0247. The van der Waals surface area contributed by atoms with Crippen molar-refractivity contribution in [1.29, 1.82) is 0 Å². The van der Waals surface area contributed by atoms with Crippen LogP contribution in [0, 0.1) is 13.8 Å². The minimum Gasteiger partial charge on any atom is -0.497 e. The molecule has 0 spiro atoms. The number of benzene rings is 2. The number of nitrogens with zero attached hydrogens (tertiary/aromatic N) is 2. The molecule has 4 rings (SSSR count). The van der Waals surface area contributed by atoms with Crippen molar-refractivity contribution in [3.8, 4) is 5.75 Å². The number of rotatable bonds is 4. The number of thiazole rings is 1. The fourth-order valence-corrected chi connectivity index (χ4v) is 4.82. The van der Waals surface area contributed by atoms with Gasteiger partial charge in [0.25, 0.3) is 0 Å². The number of ether oxygens (including phenoxy) is 1. The zero-order valence-electron chi connectivity index (χ0n) is 18.1. The molecule has 0 bridgehead atoms. The number of anilines is 2. The van der Waals surface area contributed by atoms with Gasteiger partial charge in [-0.3, -0.25) is 14.5 Å². The number of allylic oxidation sites excluding steroid dienone is 1. The number of ketones is 1. The van der Waals surface area contributed by atoms with E-state index in [4.69, 9.17) is 4.74 Å². The van der Waals surface area contributed by atoms with Crippen molar-refractivity contribution in [3.63, 3.8) is 0 Å². The van der Waals surface area contributed by atoms with Gasteiger partial charge >= 0.3 is 0 Å². The van der Waals surface area contributed by atoms with E-state index in [9.17, 15) is 9.59 Å². The molecule has 1 aliphatic carbocycles. The number of hydrogen-bond acceptors (Lipinski definition) is 5. The lowest BCUT2D eigenvalue weighted by Crippen LogP contribution is -2.24. The van der Waals surface area contributed by atoms with Crippen LogP contribution in [0.3, 0.4) is 0 Å². The smallest absolute Gasteiger partial charge is 0.230 e. The van der Waals surface area contributed by atoms with Gasteiger partial charge in [-0.15, -0.1) is 11.3 Å². The molecule has 1 aromatic heterocycles. The van der Waals surface area contributed by atoms with Crippen molar-refractivity contribution in [2.75, 3.05) is 12.0 Å². The van der Waals surface area contributed by atoms with Crippen LogP contribution in [0.4, 0.5) is 10.8 Å². The molecule has 0 saturated heterocycles. The van der Waals surface area contributed by atoms with Gasteiger partial charge in [0.15, 0.2) is 10.9 Å². The zero-order valence-corrected chi connectivity index (χ0v) is 18.9. The molecule has 0 radical (unpaired) electrons. The molecule has 0 fully saturated rings. The molecule has 31 heavy (non-hydrogen) atoms. The molecule has 158 valence electrons. The highest BCUT2D eigenvalue weighted by atomic mass is 32.1. The molecule has 5 nitrogen and oxygen atoms in total. The van der Waals surface area contributed by atoms with Crippen LogP contribution in [0.5, 0.6) is 5.75 Å². The van der Waals surface area contributed by atoms with E-state index in [1.165, 1.54) is 11.3 Å². The highest BCUT2D eigenvalue weighted by Gasteiger charge is 2.24. The van der Waals surface area contributed by atoms with Crippen LogP contribution in [0.25, 0.3) is 6.08 Å². The van der Waals surface area contributed by atoms with Gasteiger partial charge in [-0.05, 0) is 67.7 Å². The lowest BCUT2D eigenvalue weighted by molar-refractivity contribution is -0.115. The summed E-state index contributed by atoms with van der Waals surface area (Å²) in [7, 11) is 1.63. The molecule has 6 heteroatoms. The molecule has 1 amide bonds. The van der Waals surface area contributed by atoms with Crippen LogP contribution in [0.2, 0.25) is 0 Å². The summed E-state index contributed by atoms with van der Waals surface area (Å²) in [5, 5.41) is 2.49. The second-order valence-corrected chi connectivity index (χ2v) is 8.51. The number of carbonyl (C=O) groups excluding carboxylic acids is 2. The normalized spacial score (nSPS) is 14.5. The van der Waals surface area contributed by atoms with E-state index in [1.807, 2.05) is 61.7 Å². The summed E-state index contributed by atoms with van der Waals surface area (Å²) in [6, 6.07) is 11.5. The topological polar surface area (TPSA) is 59.5 Å². The third-order valence-electron chi connectivity index (χ3n) is 5.51. The number of Topliss-reactive ketones (excluding diaryl/α,β-unsaturated/α-hetero) is 1. The Kier molecular flexibility index (Phi) is 5.74. The average molecular weight is 433 g/mol. The second-order valence-electron chi connectivity index (χ2n) is 7.67. The first-order valence-electron chi connectivity index (χ1n) is 10.1. The molecule has 1 aliphatic rings. The van der Waals surface area contributed by atoms with Gasteiger partial charge in [0, 0.05) is 23.4 Å². The summed E-state index contributed by atoms with van der Waals surface area (Å²) < 4.78 is 5.27. The van der Waals surface area contributed by atoms with E-state index >= 15 is 0 Å². The first-order valence-corrected chi connectivity index (χ1v) is 11.0. The number of fused-ring (bicyclic) bond motifs is 1. The van der Waals surface area contributed by atoms with Crippen LogP contribution in [-0.2, 0) is 11.2 Å². The van der Waals surface area contributed by atoms with Gasteiger partial charge in [0.2, 0.25) is 5.91 Å². The maximum Gasteiger partial charge on any atom is 0.230 e. The number of amides is 1. The highest BCUT2D eigenvalue weighted by Crippen LogP contribution is 2.35. The largest absolute Gasteiger partial charge is 0.497 e. The van der Waals surface area contributed by atoms with Crippen molar-refractivity contribution in [2.24, 2.45) is 0 Å². The number of carbonyl (C=O) groups is 2. The van der Waals surface area contributed by atoms with E-state index in [1.54, 1.807) is 18.9 Å². The van der Waals surface area contributed by atoms with Crippen LogP contribution in [-0.4, -0.2) is 23.8 Å². The maximum absolute atomic E-state index is 13.0. The quantitative estimate of drug-likeness (QED) is 0.499. The van der Waals surface area contributed by atoms with E-state index < -0.39 is 0 Å². The molecule has 0 atom stereocenters. The standard InChI is InChI=1S/C25H24N2O3S/c1-15-6-5-7-16(2)23(15)27(17(3)28)25-26-20(14-31-25)12-19-9-8-18-13-21(30-4)10-11-22(18)24(19)29/h5-7,10-14H,8-9H2,1-4H3/b19-12-. The van der Waals surface area contributed by atoms with Crippen LogP contribution in [0.1, 0.15) is 46.1 Å². The molecule has 0 aliphatic heterocycles. The first kappa shape index (κ1) is 21.0. The highest BCUT2D eigenvalue weighted by molar-refractivity contribution is 7.14. The summed E-state index contributed by atoms with van der Waals surface area (Å²) in [6.07, 6.45) is 3.28. The first-order chi connectivity index (χ1) is 14.9. The molecular formula is C25H24N2O3S. The monoisotopic (exact) mass is 432 g/mol. The van der Waals surface area contributed by atoms with Crippen molar-refractivity contribution < 1.29 is 14.3 Å². The fourth-order valence-electron chi connectivity index (χ4n) is 3.99. The van der Waals surface area contributed by atoms with Crippen LogP contribution in [0.15, 0.2) is 47.4 Å². The van der Waals surface area contributed by atoms with Crippen molar-refractivity contribution in [2.45, 2.75) is 33.6 Å². The number of methoxy groups -OCH3 is 1. The lowest BCUT2D eigenvalue weighted by Gasteiger charge is -2.22. The summed E-state index contributed by atoms with van der Waals surface area (Å²) >= 11 is 1.40. The minimum atomic E-state index is -0.0948. The van der Waals surface area contributed by atoms with E-state index in [-0.39, 0.29) is 11.7 Å². The second kappa shape index (κ2) is 8.47. The predicted octanol–water partition coefficient (Wildman–Crippen LogP) is 5.67. The van der Waals surface area contributed by atoms with Crippen LogP contribution >= 0.6 is 11.3 Å². The van der Waals surface area contributed by atoms with E-state index in [0.29, 0.717) is 17.2 Å².